The average Bonchev–Trinajstić information content (AvgIpc) is 2.64. The van der Waals surface area contributed by atoms with Gasteiger partial charge in [-0.25, -0.2) is 0 Å². The van der Waals surface area contributed by atoms with E-state index in [0.29, 0.717) is 18.5 Å². The summed E-state index contributed by atoms with van der Waals surface area (Å²) in [4.78, 5) is 25.2. The fraction of sp³-hybridized carbons (Fsp3) is 0.333. The minimum atomic E-state index is -0.542. The van der Waals surface area contributed by atoms with Crippen molar-refractivity contribution in [3.63, 3.8) is 0 Å². The molecule has 0 heterocycles. The molecule has 0 fully saturated rings. The summed E-state index contributed by atoms with van der Waals surface area (Å²) in [7, 11) is 0. The van der Waals surface area contributed by atoms with Gasteiger partial charge in [-0.1, -0.05) is 48.0 Å². The lowest BCUT2D eigenvalue weighted by atomic mass is 10.1. The van der Waals surface area contributed by atoms with Gasteiger partial charge in [0.1, 0.15) is 6.04 Å². The number of hydrogen-bond donors (Lipinski definition) is 2. The Hall–Kier alpha value is -2.27. The average molecular weight is 371 g/mol. The van der Waals surface area contributed by atoms with Crippen molar-refractivity contribution in [1.29, 1.82) is 0 Å². The number of benzene rings is 2. The standard InChI is InChI=1S/C21H26N2O2S/c1-15-8-10-17(11-9-15)14-22-21(25)19(12-13-26-3)23-20(24)18-7-5-4-6-16(18)2/h4-11,19H,12-14H2,1-3H3,(H,22,25)(H,23,24). The summed E-state index contributed by atoms with van der Waals surface area (Å²) in [6.45, 7) is 4.38. The Labute approximate surface area is 159 Å². The first-order valence-corrected chi connectivity index (χ1v) is 10.1. The van der Waals surface area contributed by atoms with Crippen LogP contribution in [0.5, 0.6) is 0 Å². The summed E-state index contributed by atoms with van der Waals surface area (Å²) in [5.41, 5.74) is 3.72. The van der Waals surface area contributed by atoms with E-state index < -0.39 is 6.04 Å². The van der Waals surface area contributed by atoms with Crippen molar-refractivity contribution < 1.29 is 9.59 Å². The van der Waals surface area contributed by atoms with E-state index in [1.54, 1.807) is 17.8 Å². The molecule has 2 aromatic carbocycles. The van der Waals surface area contributed by atoms with Gasteiger partial charge in [-0.15, -0.1) is 0 Å². The SMILES string of the molecule is CSCCC(NC(=O)c1ccccc1C)C(=O)NCc1ccc(C)cc1. The van der Waals surface area contributed by atoms with Crippen molar-refractivity contribution >= 4 is 23.6 Å². The van der Waals surface area contributed by atoms with Crippen LogP contribution in [0.1, 0.15) is 33.5 Å². The molecule has 1 unspecified atom stereocenters. The number of carbonyl (C=O) groups is 2. The Bertz CT molecular complexity index is 744. The lowest BCUT2D eigenvalue weighted by Crippen LogP contribution is -2.47. The molecule has 1 atom stereocenters. The van der Waals surface area contributed by atoms with E-state index in [0.717, 1.165) is 16.9 Å². The maximum Gasteiger partial charge on any atom is 0.252 e. The smallest absolute Gasteiger partial charge is 0.252 e. The van der Waals surface area contributed by atoms with Gasteiger partial charge in [0, 0.05) is 12.1 Å². The van der Waals surface area contributed by atoms with E-state index in [2.05, 4.69) is 10.6 Å². The molecule has 2 N–H and O–H groups in total. The molecule has 0 aliphatic heterocycles. The maximum absolute atomic E-state index is 12.6. The first kappa shape index (κ1) is 20.0. The largest absolute Gasteiger partial charge is 0.350 e. The molecule has 4 nitrogen and oxygen atoms in total. The highest BCUT2D eigenvalue weighted by Gasteiger charge is 2.21. The topological polar surface area (TPSA) is 58.2 Å². The van der Waals surface area contributed by atoms with E-state index in [9.17, 15) is 9.59 Å². The lowest BCUT2D eigenvalue weighted by Gasteiger charge is -2.19. The highest BCUT2D eigenvalue weighted by Crippen LogP contribution is 2.09. The summed E-state index contributed by atoms with van der Waals surface area (Å²) in [6, 6.07) is 14.9. The number of thioether (sulfide) groups is 1. The number of carbonyl (C=O) groups excluding carboxylic acids is 2. The van der Waals surface area contributed by atoms with Gasteiger partial charge in [0.15, 0.2) is 0 Å². The summed E-state index contributed by atoms with van der Waals surface area (Å²) in [6.07, 6.45) is 2.59. The normalized spacial score (nSPS) is 11.7. The van der Waals surface area contributed by atoms with Gasteiger partial charge in [0.05, 0.1) is 0 Å². The van der Waals surface area contributed by atoms with Crippen LogP contribution in [-0.4, -0.2) is 29.9 Å². The molecule has 2 aromatic rings. The second-order valence-electron chi connectivity index (χ2n) is 6.33. The fourth-order valence-electron chi connectivity index (χ4n) is 2.59. The number of nitrogens with one attached hydrogen (secondary N) is 2. The van der Waals surface area contributed by atoms with Crippen LogP contribution < -0.4 is 10.6 Å². The van der Waals surface area contributed by atoms with Gasteiger partial charge < -0.3 is 10.6 Å². The second-order valence-corrected chi connectivity index (χ2v) is 7.31. The Balaban J connectivity index is 2.00. The van der Waals surface area contributed by atoms with Crippen LogP contribution in [-0.2, 0) is 11.3 Å². The Morgan fingerprint density at radius 1 is 1.04 bits per heavy atom. The Morgan fingerprint density at radius 2 is 1.73 bits per heavy atom. The summed E-state index contributed by atoms with van der Waals surface area (Å²) in [5, 5.41) is 5.83. The molecule has 0 radical (unpaired) electrons. The van der Waals surface area contributed by atoms with Crippen molar-refractivity contribution in [1.82, 2.24) is 10.6 Å². The number of rotatable bonds is 8. The van der Waals surface area contributed by atoms with Crippen LogP contribution in [0.4, 0.5) is 0 Å². The number of aryl methyl sites for hydroxylation is 2. The van der Waals surface area contributed by atoms with Crippen LogP contribution in [0.25, 0.3) is 0 Å². The van der Waals surface area contributed by atoms with Gasteiger partial charge in [-0.3, -0.25) is 9.59 Å². The minimum Gasteiger partial charge on any atom is -0.350 e. The van der Waals surface area contributed by atoms with Crippen LogP contribution in [0.3, 0.4) is 0 Å². The number of hydrogen-bond acceptors (Lipinski definition) is 3. The fourth-order valence-corrected chi connectivity index (χ4v) is 3.06. The molecule has 0 aliphatic rings. The van der Waals surface area contributed by atoms with E-state index in [4.69, 9.17) is 0 Å². The summed E-state index contributed by atoms with van der Waals surface area (Å²) in [5.74, 6) is 0.442. The molecule has 0 aromatic heterocycles. The highest BCUT2D eigenvalue weighted by atomic mass is 32.2. The maximum atomic E-state index is 12.6. The highest BCUT2D eigenvalue weighted by molar-refractivity contribution is 7.98. The zero-order chi connectivity index (χ0) is 18.9. The van der Waals surface area contributed by atoms with Crippen molar-refractivity contribution in [3.8, 4) is 0 Å². The van der Waals surface area contributed by atoms with Crippen molar-refractivity contribution in [2.45, 2.75) is 32.9 Å². The molecular formula is C21H26N2O2S. The Kier molecular flexibility index (Phi) is 7.73. The second kappa shape index (κ2) is 10.0. The molecular weight excluding hydrogens is 344 g/mol. The molecule has 26 heavy (non-hydrogen) atoms. The van der Waals surface area contributed by atoms with Crippen molar-refractivity contribution in [2.24, 2.45) is 0 Å². The molecule has 5 heteroatoms. The van der Waals surface area contributed by atoms with Gasteiger partial charge in [-0.2, -0.15) is 11.8 Å². The molecule has 0 bridgehead atoms. The third-order valence-corrected chi connectivity index (χ3v) is 4.85. The lowest BCUT2D eigenvalue weighted by molar-refractivity contribution is -0.123. The predicted molar refractivity (Wildman–Crippen MR) is 108 cm³/mol. The molecule has 138 valence electrons. The molecule has 2 amide bonds. The zero-order valence-corrected chi connectivity index (χ0v) is 16.4. The number of amides is 2. The van der Waals surface area contributed by atoms with Crippen molar-refractivity contribution in [2.75, 3.05) is 12.0 Å². The van der Waals surface area contributed by atoms with Gasteiger partial charge in [0.2, 0.25) is 5.91 Å². The molecule has 0 aliphatic carbocycles. The quantitative estimate of drug-likeness (QED) is 0.748. The van der Waals surface area contributed by atoms with Crippen LogP contribution in [0, 0.1) is 13.8 Å². The van der Waals surface area contributed by atoms with E-state index in [1.165, 1.54) is 5.56 Å². The van der Waals surface area contributed by atoms with Crippen LogP contribution in [0.15, 0.2) is 48.5 Å². The third kappa shape index (κ3) is 5.92. The van der Waals surface area contributed by atoms with Crippen molar-refractivity contribution in [3.05, 3.63) is 70.8 Å². The van der Waals surface area contributed by atoms with Gasteiger partial charge >= 0.3 is 0 Å². The van der Waals surface area contributed by atoms with Gasteiger partial charge in [-0.05, 0) is 49.5 Å². The molecule has 0 saturated carbocycles. The van der Waals surface area contributed by atoms with E-state index in [1.807, 2.05) is 62.6 Å². The van der Waals surface area contributed by atoms with Crippen LogP contribution >= 0.6 is 11.8 Å². The summed E-state index contributed by atoms with van der Waals surface area (Å²) >= 11 is 1.66. The predicted octanol–water partition coefficient (Wildman–Crippen LogP) is 3.47. The monoisotopic (exact) mass is 370 g/mol. The first-order valence-electron chi connectivity index (χ1n) is 8.70. The van der Waals surface area contributed by atoms with E-state index >= 15 is 0 Å². The third-order valence-electron chi connectivity index (χ3n) is 4.21. The molecule has 2 rings (SSSR count). The van der Waals surface area contributed by atoms with Crippen LogP contribution in [0.2, 0.25) is 0 Å². The first-order chi connectivity index (χ1) is 12.5. The molecule has 0 saturated heterocycles. The minimum absolute atomic E-state index is 0.151. The summed E-state index contributed by atoms with van der Waals surface area (Å²) < 4.78 is 0. The zero-order valence-electron chi connectivity index (χ0n) is 15.5. The molecule has 0 spiro atoms. The van der Waals surface area contributed by atoms with E-state index in [-0.39, 0.29) is 11.8 Å². The Morgan fingerprint density at radius 3 is 2.38 bits per heavy atom. The van der Waals surface area contributed by atoms with Gasteiger partial charge in [0.25, 0.3) is 5.91 Å².